The van der Waals surface area contributed by atoms with Crippen LogP contribution in [0.15, 0.2) is 36.4 Å². The van der Waals surface area contributed by atoms with E-state index in [0.29, 0.717) is 17.5 Å². The highest BCUT2D eigenvalue weighted by atomic mass is 19.1. The number of carbonyl (C=O) groups is 1. The quantitative estimate of drug-likeness (QED) is 0.916. The first-order chi connectivity index (χ1) is 10.0. The van der Waals surface area contributed by atoms with E-state index in [0.717, 1.165) is 23.6 Å². The van der Waals surface area contributed by atoms with Gasteiger partial charge in [-0.1, -0.05) is 18.2 Å². The second-order valence-electron chi connectivity index (χ2n) is 5.00. The van der Waals surface area contributed by atoms with Crippen molar-refractivity contribution < 1.29 is 18.3 Å². The molecule has 5 heteroatoms. The van der Waals surface area contributed by atoms with Crippen LogP contribution in [-0.2, 0) is 11.2 Å². The fraction of sp³-hybridized carbons (Fsp3) is 0.188. The SMILES string of the molecule is NC(=O)OC1CCc2cc(-c3ccc(F)cc3F)ccc21. The summed E-state index contributed by atoms with van der Waals surface area (Å²) in [6, 6.07) is 8.88. The van der Waals surface area contributed by atoms with E-state index in [1.165, 1.54) is 12.1 Å². The van der Waals surface area contributed by atoms with Gasteiger partial charge < -0.3 is 10.5 Å². The van der Waals surface area contributed by atoms with Crippen molar-refractivity contribution in [2.75, 3.05) is 0 Å². The Hall–Kier alpha value is -2.43. The van der Waals surface area contributed by atoms with Gasteiger partial charge in [0, 0.05) is 11.6 Å². The summed E-state index contributed by atoms with van der Waals surface area (Å²) in [7, 11) is 0. The highest BCUT2D eigenvalue weighted by Gasteiger charge is 2.25. The zero-order valence-corrected chi connectivity index (χ0v) is 11.1. The lowest BCUT2D eigenvalue weighted by Gasteiger charge is -2.12. The van der Waals surface area contributed by atoms with Gasteiger partial charge >= 0.3 is 6.09 Å². The molecule has 3 nitrogen and oxygen atoms in total. The number of halogens is 2. The smallest absolute Gasteiger partial charge is 0.405 e. The lowest BCUT2D eigenvalue weighted by molar-refractivity contribution is 0.107. The zero-order valence-electron chi connectivity index (χ0n) is 11.1. The standard InChI is InChI=1S/C16H13F2NO2/c17-11-3-5-12(14(18)8-11)9-1-4-13-10(7-9)2-6-15(13)21-16(19)20/h1,3-5,7-8,15H,2,6H2,(H2,19,20). The fourth-order valence-corrected chi connectivity index (χ4v) is 2.73. The van der Waals surface area contributed by atoms with Crippen molar-refractivity contribution in [3.8, 4) is 11.1 Å². The number of nitrogens with two attached hydrogens (primary N) is 1. The molecule has 2 aromatic rings. The molecule has 0 aromatic heterocycles. The number of aryl methyl sites for hydroxylation is 1. The largest absolute Gasteiger partial charge is 0.441 e. The van der Waals surface area contributed by atoms with Crippen LogP contribution in [0.5, 0.6) is 0 Å². The third-order valence-electron chi connectivity index (χ3n) is 3.67. The molecule has 0 heterocycles. The van der Waals surface area contributed by atoms with Crippen molar-refractivity contribution in [3.63, 3.8) is 0 Å². The van der Waals surface area contributed by atoms with E-state index in [9.17, 15) is 13.6 Å². The van der Waals surface area contributed by atoms with Gasteiger partial charge in [-0.15, -0.1) is 0 Å². The summed E-state index contributed by atoms with van der Waals surface area (Å²) in [5.41, 5.74) is 7.93. The molecule has 0 saturated heterocycles. The number of ether oxygens (including phenoxy) is 1. The van der Waals surface area contributed by atoms with E-state index in [1.807, 2.05) is 6.07 Å². The Labute approximate surface area is 120 Å². The number of carbonyl (C=O) groups excluding carboxylic acids is 1. The Bertz CT molecular complexity index is 715. The summed E-state index contributed by atoms with van der Waals surface area (Å²) < 4.78 is 31.8. The van der Waals surface area contributed by atoms with Crippen molar-refractivity contribution >= 4 is 6.09 Å². The van der Waals surface area contributed by atoms with Crippen LogP contribution in [-0.4, -0.2) is 6.09 Å². The van der Waals surface area contributed by atoms with Gasteiger partial charge in [-0.05, 0) is 41.7 Å². The van der Waals surface area contributed by atoms with Crippen LogP contribution < -0.4 is 5.73 Å². The van der Waals surface area contributed by atoms with Gasteiger partial charge in [-0.25, -0.2) is 13.6 Å². The van der Waals surface area contributed by atoms with Crippen molar-refractivity contribution in [1.29, 1.82) is 0 Å². The first kappa shape index (κ1) is 13.5. The number of amides is 1. The Morgan fingerprint density at radius 3 is 2.71 bits per heavy atom. The molecule has 108 valence electrons. The van der Waals surface area contributed by atoms with Gasteiger partial charge in [0.15, 0.2) is 0 Å². The molecule has 1 unspecified atom stereocenters. The minimum absolute atomic E-state index is 0.343. The summed E-state index contributed by atoms with van der Waals surface area (Å²) in [5.74, 6) is -1.20. The molecule has 0 radical (unpaired) electrons. The number of hydrogen-bond donors (Lipinski definition) is 1. The molecule has 0 spiro atoms. The minimum atomic E-state index is -0.804. The topological polar surface area (TPSA) is 52.3 Å². The van der Waals surface area contributed by atoms with Gasteiger partial charge in [-0.2, -0.15) is 0 Å². The summed E-state index contributed by atoms with van der Waals surface area (Å²) in [5, 5.41) is 0. The lowest BCUT2D eigenvalue weighted by atomic mass is 10.00. The van der Waals surface area contributed by atoms with Crippen molar-refractivity contribution in [2.24, 2.45) is 5.73 Å². The third-order valence-corrected chi connectivity index (χ3v) is 3.67. The first-order valence-corrected chi connectivity index (χ1v) is 6.59. The van der Waals surface area contributed by atoms with Crippen LogP contribution in [0, 0.1) is 11.6 Å². The summed E-state index contributed by atoms with van der Waals surface area (Å²) in [4.78, 5) is 10.8. The second-order valence-corrected chi connectivity index (χ2v) is 5.00. The van der Waals surface area contributed by atoms with E-state index < -0.39 is 17.7 Å². The Morgan fingerprint density at radius 1 is 1.19 bits per heavy atom. The summed E-state index contributed by atoms with van der Waals surface area (Å²) in [6.07, 6.45) is 0.239. The normalized spacial score (nSPS) is 16.6. The monoisotopic (exact) mass is 289 g/mol. The molecular weight excluding hydrogens is 276 g/mol. The average molecular weight is 289 g/mol. The van der Waals surface area contributed by atoms with Crippen LogP contribution >= 0.6 is 0 Å². The predicted molar refractivity (Wildman–Crippen MR) is 73.5 cm³/mol. The van der Waals surface area contributed by atoms with Gasteiger partial charge in [0.25, 0.3) is 0 Å². The molecule has 21 heavy (non-hydrogen) atoms. The molecule has 0 saturated carbocycles. The molecule has 1 amide bonds. The summed E-state index contributed by atoms with van der Waals surface area (Å²) >= 11 is 0. The number of benzene rings is 2. The molecule has 2 N–H and O–H groups in total. The number of fused-ring (bicyclic) bond motifs is 1. The molecule has 2 aromatic carbocycles. The maximum absolute atomic E-state index is 13.8. The van der Waals surface area contributed by atoms with Crippen LogP contribution in [0.25, 0.3) is 11.1 Å². The molecule has 1 atom stereocenters. The molecular formula is C16H13F2NO2. The number of hydrogen-bond acceptors (Lipinski definition) is 2. The van der Waals surface area contributed by atoms with E-state index >= 15 is 0 Å². The van der Waals surface area contributed by atoms with Crippen molar-refractivity contribution in [2.45, 2.75) is 18.9 Å². The van der Waals surface area contributed by atoms with Gasteiger partial charge in [0.2, 0.25) is 0 Å². The van der Waals surface area contributed by atoms with E-state index in [1.54, 1.807) is 12.1 Å². The minimum Gasteiger partial charge on any atom is -0.441 e. The number of primary amides is 1. The molecule has 1 aliphatic rings. The fourth-order valence-electron chi connectivity index (χ4n) is 2.73. The van der Waals surface area contributed by atoms with Crippen LogP contribution in [0.1, 0.15) is 23.7 Å². The predicted octanol–water partition coefficient (Wildman–Crippen LogP) is 3.71. The Balaban J connectivity index is 1.96. The van der Waals surface area contributed by atoms with Gasteiger partial charge in [0.05, 0.1) is 0 Å². The number of rotatable bonds is 2. The molecule has 1 aliphatic carbocycles. The highest BCUT2D eigenvalue weighted by molar-refractivity contribution is 5.67. The van der Waals surface area contributed by atoms with E-state index in [2.05, 4.69) is 0 Å². The Kier molecular flexibility index (Phi) is 3.33. The van der Waals surface area contributed by atoms with Crippen molar-refractivity contribution in [1.82, 2.24) is 0 Å². The molecule has 0 fully saturated rings. The van der Waals surface area contributed by atoms with Crippen LogP contribution in [0.3, 0.4) is 0 Å². The third kappa shape index (κ3) is 2.59. The highest BCUT2D eigenvalue weighted by Crippen LogP contribution is 2.36. The maximum atomic E-state index is 13.8. The van der Waals surface area contributed by atoms with E-state index in [-0.39, 0.29) is 6.10 Å². The van der Waals surface area contributed by atoms with Gasteiger partial charge in [0.1, 0.15) is 17.7 Å². The maximum Gasteiger partial charge on any atom is 0.405 e. The summed E-state index contributed by atoms with van der Waals surface area (Å²) in [6.45, 7) is 0. The van der Waals surface area contributed by atoms with Crippen LogP contribution in [0.2, 0.25) is 0 Å². The second kappa shape index (κ2) is 5.16. The average Bonchev–Trinajstić information content (AvgIpc) is 2.80. The molecule has 3 rings (SSSR count). The first-order valence-electron chi connectivity index (χ1n) is 6.59. The Morgan fingerprint density at radius 2 is 2.00 bits per heavy atom. The van der Waals surface area contributed by atoms with E-state index in [4.69, 9.17) is 10.5 Å². The lowest BCUT2D eigenvalue weighted by Crippen LogP contribution is -2.15. The zero-order chi connectivity index (χ0) is 15.0. The van der Waals surface area contributed by atoms with Gasteiger partial charge in [-0.3, -0.25) is 0 Å². The molecule has 0 bridgehead atoms. The molecule has 0 aliphatic heterocycles. The van der Waals surface area contributed by atoms with Crippen LogP contribution in [0.4, 0.5) is 13.6 Å². The van der Waals surface area contributed by atoms with Crippen molar-refractivity contribution in [3.05, 3.63) is 59.2 Å².